The van der Waals surface area contributed by atoms with E-state index in [1.165, 1.54) is 0 Å². The van der Waals surface area contributed by atoms with E-state index >= 15 is 0 Å². The Kier molecular flexibility index (Phi) is 1.71. The summed E-state index contributed by atoms with van der Waals surface area (Å²) >= 11 is 1.59. The zero-order chi connectivity index (χ0) is 10.5. The molecule has 1 spiro atoms. The van der Waals surface area contributed by atoms with E-state index in [2.05, 4.69) is 4.99 Å². The van der Waals surface area contributed by atoms with Crippen LogP contribution in [0.2, 0.25) is 0 Å². The number of amides is 1. The van der Waals surface area contributed by atoms with Gasteiger partial charge in [-0.3, -0.25) is 9.79 Å². The first-order valence-electron chi connectivity index (χ1n) is 4.81. The molecule has 3 nitrogen and oxygen atoms in total. The molecule has 76 valence electrons. The van der Waals surface area contributed by atoms with Crippen LogP contribution in [0.4, 0.5) is 5.69 Å². The number of nitrogens with zero attached hydrogens (tertiary/aromatic N) is 2. The molecule has 2 aliphatic heterocycles. The smallest absolute Gasteiger partial charge is 0.269 e. The monoisotopic (exact) mass is 218 g/mol. The molecule has 1 unspecified atom stereocenters. The first kappa shape index (κ1) is 8.97. The fourth-order valence-electron chi connectivity index (χ4n) is 2.13. The van der Waals surface area contributed by atoms with Crippen LogP contribution in [0.15, 0.2) is 29.3 Å². The number of fused-ring (bicyclic) bond motifs is 2. The van der Waals surface area contributed by atoms with Crippen LogP contribution in [0.5, 0.6) is 0 Å². The lowest BCUT2D eigenvalue weighted by molar-refractivity contribution is -0.119. The van der Waals surface area contributed by atoms with Crippen LogP contribution in [0.25, 0.3) is 0 Å². The van der Waals surface area contributed by atoms with Gasteiger partial charge < -0.3 is 4.90 Å². The second-order valence-electron chi connectivity index (χ2n) is 3.65. The summed E-state index contributed by atoms with van der Waals surface area (Å²) in [7, 11) is 1.81. The van der Waals surface area contributed by atoms with Gasteiger partial charge in [0.15, 0.2) is 0 Å². The number of carbonyl (C=O) groups excluding carboxylic acids is 1. The van der Waals surface area contributed by atoms with Gasteiger partial charge in [0.25, 0.3) is 5.91 Å². The summed E-state index contributed by atoms with van der Waals surface area (Å²) in [4.78, 5) is 17.6. The van der Waals surface area contributed by atoms with E-state index in [0.717, 1.165) is 17.0 Å². The van der Waals surface area contributed by atoms with Crippen LogP contribution in [0.1, 0.15) is 5.56 Å². The second-order valence-corrected chi connectivity index (χ2v) is 4.86. The summed E-state index contributed by atoms with van der Waals surface area (Å²) < 4.78 is 0. The molecule has 3 rings (SSSR count). The van der Waals surface area contributed by atoms with Gasteiger partial charge in [-0.05, 0) is 6.07 Å². The number of likely N-dealkylation sites (N-methyl/N-ethyl adjacent to an activating group) is 1. The fourth-order valence-corrected chi connectivity index (χ4v) is 3.26. The molecular weight excluding hydrogens is 208 g/mol. The van der Waals surface area contributed by atoms with Crippen LogP contribution in [-0.2, 0) is 9.67 Å². The molecule has 2 heterocycles. The lowest BCUT2D eigenvalue weighted by Gasteiger charge is -2.17. The number of hydrogen-bond donors (Lipinski definition) is 0. The van der Waals surface area contributed by atoms with Crippen LogP contribution in [-0.4, -0.2) is 24.9 Å². The number of rotatable bonds is 0. The van der Waals surface area contributed by atoms with E-state index in [9.17, 15) is 4.79 Å². The SMILES string of the molecule is CN1C(=O)C2(N=CCS2)c2ccccc21. The van der Waals surface area contributed by atoms with Gasteiger partial charge in [-0.2, -0.15) is 0 Å². The molecule has 0 radical (unpaired) electrons. The van der Waals surface area contributed by atoms with Crippen LogP contribution in [0.3, 0.4) is 0 Å². The molecule has 15 heavy (non-hydrogen) atoms. The third-order valence-corrected chi connectivity index (χ3v) is 4.10. The second kappa shape index (κ2) is 2.85. The van der Waals surface area contributed by atoms with Crippen molar-refractivity contribution in [2.24, 2.45) is 4.99 Å². The zero-order valence-corrected chi connectivity index (χ0v) is 9.12. The van der Waals surface area contributed by atoms with Crippen molar-refractivity contribution in [2.45, 2.75) is 4.87 Å². The van der Waals surface area contributed by atoms with Gasteiger partial charge in [-0.1, -0.05) is 18.2 Å². The highest BCUT2D eigenvalue weighted by Gasteiger charge is 2.51. The number of carbonyl (C=O) groups is 1. The van der Waals surface area contributed by atoms with E-state index < -0.39 is 4.87 Å². The van der Waals surface area contributed by atoms with E-state index in [1.807, 2.05) is 37.5 Å². The van der Waals surface area contributed by atoms with Crippen molar-refractivity contribution in [3.8, 4) is 0 Å². The van der Waals surface area contributed by atoms with Gasteiger partial charge in [0.05, 0.1) is 5.69 Å². The molecule has 0 saturated carbocycles. The molecule has 0 fully saturated rings. The molecule has 1 amide bonds. The standard InChI is InChI=1S/C11H10N2OS/c1-13-9-5-3-2-4-8(9)11(10(13)14)12-6-7-15-11/h2-6H,7H2,1H3. The molecule has 2 aliphatic rings. The Morgan fingerprint density at radius 1 is 1.47 bits per heavy atom. The number of aliphatic imine (C=N–C) groups is 1. The van der Waals surface area contributed by atoms with Crippen LogP contribution >= 0.6 is 11.8 Å². The Morgan fingerprint density at radius 2 is 2.27 bits per heavy atom. The number of benzene rings is 1. The summed E-state index contributed by atoms with van der Waals surface area (Å²) in [5, 5.41) is 0. The first-order valence-corrected chi connectivity index (χ1v) is 5.79. The van der Waals surface area contributed by atoms with E-state index in [1.54, 1.807) is 16.7 Å². The van der Waals surface area contributed by atoms with E-state index in [4.69, 9.17) is 0 Å². The van der Waals surface area contributed by atoms with Gasteiger partial charge in [-0.25, -0.2) is 0 Å². The van der Waals surface area contributed by atoms with Gasteiger partial charge in [0, 0.05) is 24.6 Å². The Hall–Kier alpha value is -1.29. The number of para-hydroxylation sites is 1. The Labute approximate surface area is 92.2 Å². The molecule has 4 heteroatoms. The summed E-state index contributed by atoms with van der Waals surface area (Å²) in [5.41, 5.74) is 2.00. The summed E-state index contributed by atoms with van der Waals surface area (Å²) in [6.45, 7) is 0. The predicted octanol–water partition coefficient (Wildman–Crippen LogP) is 1.63. The van der Waals surface area contributed by atoms with Crippen molar-refractivity contribution in [3.63, 3.8) is 0 Å². The fraction of sp³-hybridized carbons (Fsp3) is 0.273. The summed E-state index contributed by atoms with van der Waals surface area (Å²) in [6, 6.07) is 7.87. The maximum Gasteiger partial charge on any atom is 0.269 e. The molecule has 0 aliphatic carbocycles. The highest BCUT2D eigenvalue weighted by Crippen LogP contribution is 2.50. The number of thioether (sulfide) groups is 1. The maximum atomic E-state index is 12.2. The van der Waals surface area contributed by atoms with Crippen LogP contribution in [0, 0.1) is 0 Å². The highest BCUT2D eigenvalue weighted by atomic mass is 32.2. The number of anilines is 1. The minimum atomic E-state index is -0.675. The molecule has 0 saturated heterocycles. The maximum absolute atomic E-state index is 12.2. The normalized spacial score (nSPS) is 27.8. The Balaban J connectivity index is 2.27. The van der Waals surface area contributed by atoms with E-state index in [-0.39, 0.29) is 5.91 Å². The third kappa shape index (κ3) is 0.973. The summed E-state index contributed by atoms with van der Waals surface area (Å²) in [6.07, 6.45) is 1.83. The molecule has 0 aromatic heterocycles. The average Bonchev–Trinajstić information content (AvgIpc) is 2.83. The number of hydrogen-bond acceptors (Lipinski definition) is 3. The van der Waals surface area contributed by atoms with Crippen molar-refractivity contribution in [1.82, 2.24) is 0 Å². The summed E-state index contributed by atoms with van der Waals surface area (Å²) in [5.74, 6) is 0.885. The van der Waals surface area contributed by atoms with Gasteiger partial charge in [0.1, 0.15) is 0 Å². The minimum absolute atomic E-state index is 0.0717. The quantitative estimate of drug-likeness (QED) is 0.663. The molecule has 1 atom stereocenters. The topological polar surface area (TPSA) is 32.7 Å². The third-order valence-electron chi connectivity index (χ3n) is 2.86. The van der Waals surface area contributed by atoms with Crippen molar-refractivity contribution in [1.29, 1.82) is 0 Å². The molecule has 1 aromatic carbocycles. The predicted molar refractivity (Wildman–Crippen MR) is 62.5 cm³/mol. The van der Waals surface area contributed by atoms with Gasteiger partial charge >= 0.3 is 0 Å². The highest BCUT2D eigenvalue weighted by molar-refractivity contribution is 8.01. The van der Waals surface area contributed by atoms with E-state index in [0.29, 0.717) is 0 Å². The Bertz CT molecular complexity index is 471. The molecule has 0 N–H and O–H groups in total. The lowest BCUT2D eigenvalue weighted by Crippen LogP contribution is -2.33. The molecule has 1 aromatic rings. The van der Waals surface area contributed by atoms with Crippen LogP contribution < -0.4 is 4.90 Å². The van der Waals surface area contributed by atoms with Gasteiger partial charge in [0.2, 0.25) is 4.87 Å². The zero-order valence-electron chi connectivity index (χ0n) is 8.30. The van der Waals surface area contributed by atoms with Gasteiger partial charge in [-0.15, -0.1) is 11.8 Å². The lowest BCUT2D eigenvalue weighted by atomic mass is 10.1. The van der Waals surface area contributed by atoms with Crippen molar-refractivity contribution >= 4 is 29.6 Å². The van der Waals surface area contributed by atoms with Crippen molar-refractivity contribution in [2.75, 3.05) is 17.7 Å². The largest absolute Gasteiger partial charge is 0.312 e. The Morgan fingerprint density at radius 3 is 3.00 bits per heavy atom. The minimum Gasteiger partial charge on any atom is -0.312 e. The molecule has 0 bridgehead atoms. The first-order chi connectivity index (χ1) is 7.26. The van der Waals surface area contributed by atoms with Crippen molar-refractivity contribution in [3.05, 3.63) is 29.8 Å². The molecular formula is C11H10N2OS. The average molecular weight is 218 g/mol. The van der Waals surface area contributed by atoms with Crippen molar-refractivity contribution < 1.29 is 4.79 Å².